The van der Waals surface area contributed by atoms with Crippen molar-refractivity contribution in [2.45, 2.75) is 6.92 Å². The van der Waals surface area contributed by atoms with Crippen LogP contribution in [0.25, 0.3) is 21.8 Å². The highest BCUT2D eigenvalue weighted by Gasteiger charge is 2.12. The number of pyridine rings is 1. The average molecular weight is 365 g/mol. The predicted molar refractivity (Wildman–Crippen MR) is 111 cm³/mol. The van der Waals surface area contributed by atoms with E-state index in [0.717, 1.165) is 53.5 Å². The maximum Gasteiger partial charge on any atom is 0.253 e. The standard InChI is InChI=1S/C21H27N5O/c1-15-4-2-5-16-14-17-6-3-7-18(20(17)26-19(15)16)21(27)25-13-12-24-11-10-23-9-8-22/h2-7,14,23-24H,8-13,22H2,1H3,(H,25,27). The number of fused-ring (bicyclic) bond motifs is 2. The number of benzene rings is 2. The first-order chi connectivity index (χ1) is 13.2. The van der Waals surface area contributed by atoms with E-state index in [1.165, 1.54) is 0 Å². The molecule has 6 nitrogen and oxygen atoms in total. The molecule has 142 valence electrons. The Kier molecular flexibility index (Phi) is 6.70. The maximum absolute atomic E-state index is 12.6. The van der Waals surface area contributed by atoms with Crippen molar-refractivity contribution in [3.05, 3.63) is 53.6 Å². The third-order valence-corrected chi connectivity index (χ3v) is 4.50. The van der Waals surface area contributed by atoms with E-state index in [-0.39, 0.29) is 5.91 Å². The minimum Gasteiger partial charge on any atom is -0.351 e. The van der Waals surface area contributed by atoms with E-state index in [2.05, 4.69) is 28.1 Å². The van der Waals surface area contributed by atoms with Gasteiger partial charge in [-0.15, -0.1) is 0 Å². The fourth-order valence-corrected chi connectivity index (χ4v) is 3.10. The minimum atomic E-state index is -0.0934. The Hall–Kier alpha value is -2.54. The van der Waals surface area contributed by atoms with Crippen LogP contribution in [-0.4, -0.2) is 50.2 Å². The van der Waals surface area contributed by atoms with Crippen LogP contribution in [0.15, 0.2) is 42.5 Å². The second-order valence-electron chi connectivity index (χ2n) is 6.56. The second-order valence-corrected chi connectivity index (χ2v) is 6.56. The fourth-order valence-electron chi connectivity index (χ4n) is 3.10. The molecule has 0 bridgehead atoms. The monoisotopic (exact) mass is 365 g/mol. The van der Waals surface area contributed by atoms with Crippen LogP contribution >= 0.6 is 0 Å². The van der Waals surface area contributed by atoms with E-state index < -0.39 is 0 Å². The molecule has 1 aromatic heterocycles. The van der Waals surface area contributed by atoms with Crippen LogP contribution in [-0.2, 0) is 0 Å². The lowest BCUT2D eigenvalue weighted by Crippen LogP contribution is -2.36. The van der Waals surface area contributed by atoms with Gasteiger partial charge in [-0.2, -0.15) is 0 Å². The van der Waals surface area contributed by atoms with Gasteiger partial charge >= 0.3 is 0 Å². The average Bonchev–Trinajstić information content (AvgIpc) is 2.68. The summed E-state index contributed by atoms with van der Waals surface area (Å²) in [7, 11) is 0. The Bertz CT molecular complexity index is 925. The minimum absolute atomic E-state index is 0.0934. The zero-order valence-electron chi connectivity index (χ0n) is 15.7. The normalized spacial score (nSPS) is 11.2. The van der Waals surface area contributed by atoms with Crippen LogP contribution in [0, 0.1) is 6.92 Å². The van der Waals surface area contributed by atoms with Gasteiger partial charge < -0.3 is 21.7 Å². The summed E-state index contributed by atoms with van der Waals surface area (Å²) in [4.78, 5) is 17.4. The lowest BCUT2D eigenvalue weighted by Gasteiger charge is -2.10. The molecule has 2 aromatic carbocycles. The van der Waals surface area contributed by atoms with Crippen molar-refractivity contribution in [2.75, 3.05) is 39.3 Å². The molecule has 5 N–H and O–H groups in total. The van der Waals surface area contributed by atoms with Crippen molar-refractivity contribution in [1.82, 2.24) is 20.9 Å². The molecule has 0 aliphatic heterocycles. The van der Waals surface area contributed by atoms with Crippen molar-refractivity contribution >= 4 is 27.7 Å². The number of hydrogen-bond donors (Lipinski definition) is 4. The first-order valence-electron chi connectivity index (χ1n) is 9.39. The molecule has 0 radical (unpaired) electrons. The molecule has 3 rings (SSSR count). The number of aryl methyl sites for hydroxylation is 1. The van der Waals surface area contributed by atoms with Crippen molar-refractivity contribution < 1.29 is 4.79 Å². The molecule has 0 fully saturated rings. The van der Waals surface area contributed by atoms with Gasteiger partial charge in [-0.3, -0.25) is 4.79 Å². The zero-order chi connectivity index (χ0) is 19.1. The lowest BCUT2D eigenvalue weighted by atomic mass is 10.0. The van der Waals surface area contributed by atoms with Crippen LogP contribution in [0.4, 0.5) is 0 Å². The Morgan fingerprint density at radius 2 is 1.59 bits per heavy atom. The van der Waals surface area contributed by atoms with Crippen LogP contribution < -0.4 is 21.7 Å². The van der Waals surface area contributed by atoms with E-state index >= 15 is 0 Å². The first-order valence-corrected chi connectivity index (χ1v) is 9.39. The summed E-state index contributed by atoms with van der Waals surface area (Å²) >= 11 is 0. The van der Waals surface area contributed by atoms with E-state index in [4.69, 9.17) is 10.7 Å². The van der Waals surface area contributed by atoms with Gasteiger partial charge in [-0.1, -0.05) is 30.3 Å². The van der Waals surface area contributed by atoms with E-state index in [1.54, 1.807) is 0 Å². The van der Waals surface area contributed by atoms with E-state index in [1.807, 2.05) is 37.3 Å². The first kappa shape index (κ1) is 19.2. The topological polar surface area (TPSA) is 92.1 Å². The Labute approximate surface area is 159 Å². The molecule has 27 heavy (non-hydrogen) atoms. The van der Waals surface area contributed by atoms with Gasteiger partial charge in [0.05, 0.1) is 16.6 Å². The molecule has 0 aliphatic carbocycles. The fraction of sp³-hybridized carbons (Fsp3) is 0.333. The summed E-state index contributed by atoms with van der Waals surface area (Å²) in [5.74, 6) is -0.0934. The molecule has 0 aliphatic rings. The molecular weight excluding hydrogens is 338 g/mol. The quantitative estimate of drug-likeness (QED) is 0.341. The molecule has 1 amide bonds. The van der Waals surface area contributed by atoms with Crippen molar-refractivity contribution in [1.29, 1.82) is 0 Å². The van der Waals surface area contributed by atoms with Crippen molar-refractivity contribution in [2.24, 2.45) is 5.73 Å². The number of hydrogen-bond acceptors (Lipinski definition) is 5. The lowest BCUT2D eigenvalue weighted by molar-refractivity contribution is 0.0955. The number of rotatable bonds is 9. The molecule has 3 aromatic rings. The second kappa shape index (κ2) is 9.41. The third kappa shape index (κ3) is 4.80. The number of carbonyl (C=O) groups excluding carboxylic acids is 1. The molecular formula is C21H27N5O. The molecule has 0 unspecified atom stereocenters. The predicted octanol–water partition coefficient (Wildman–Crippen LogP) is 1.56. The van der Waals surface area contributed by atoms with Gasteiger partial charge in [-0.25, -0.2) is 4.98 Å². The molecule has 0 atom stereocenters. The van der Waals surface area contributed by atoms with Crippen molar-refractivity contribution in [3.8, 4) is 0 Å². The highest BCUT2D eigenvalue weighted by molar-refractivity contribution is 6.07. The molecule has 0 saturated carbocycles. The van der Waals surface area contributed by atoms with E-state index in [9.17, 15) is 4.79 Å². The van der Waals surface area contributed by atoms with Crippen LogP contribution in [0.5, 0.6) is 0 Å². The SMILES string of the molecule is Cc1cccc2cc3cccc(C(=O)NCCNCCNCCN)c3nc12. The van der Waals surface area contributed by atoms with Gasteiger partial charge in [0.25, 0.3) is 5.91 Å². The number of nitrogens with two attached hydrogens (primary N) is 1. The summed E-state index contributed by atoms with van der Waals surface area (Å²) < 4.78 is 0. The molecule has 1 heterocycles. The number of para-hydroxylation sites is 2. The highest BCUT2D eigenvalue weighted by atomic mass is 16.1. The number of carbonyl (C=O) groups is 1. The zero-order valence-corrected chi connectivity index (χ0v) is 15.7. The summed E-state index contributed by atoms with van der Waals surface area (Å²) in [6.07, 6.45) is 0. The third-order valence-electron chi connectivity index (χ3n) is 4.50. The van der Waals surface area contributed by atoms with Gasteiger partial charge in [0.2, 0.25) is 0 Å². The summed E-state index contributed by atoms with van der Waals surface area (Å²) in [5, 5.41) is 11.5. The molecule has 0 spiro atoms. The Morgan fingerprint density at radius 1 is 0.926 bits per heavy atom. The van der Waals surface area contributed by atoms with Crippen LogP contribution in [0.2, 0.25) is 0 Å². The number of aromatic nitrogens is 1. The number of nitrogens with zero attached hydrogens (tertiary/aromatic N) is 1. The Balaban J connectivity index is 1.65. The van der Waals surface area contributed by atoms with Gasteiger partial charge in [0.15, 0.2) is 0 Å². The van der Waals surface area contributed by atoms with Gasteiger partial charge in [0.1, 0.15) is 0 Å². The van der Waals surface area contributed by atoms with Crippen molar-refractivity contribution in [3.63, 3.8) is 0 Å². The molecule has 0 saturated heterocycles. The van der Waals surface area contributed by atoms with Gasteiger partial charge in [0, 0.05) is 50.0 Å². The van der Waals surface area contributed by atoms with Crippen LogP contribution in [0.1, 0.15) is 15.9 Å². The Morgan fingerprint density at radius 3 is 2.37 bits per heavy atom. The smallest absolute Gasteiger partial charge is 0.253 e. The highest BCUT2D eigenvalue weighted by Crippen LogP contribution is 2.24. The van der Waals surface area contributed by atoms with Gasteiger partial charge in [-0.05, 0) is 24.6 Å². The summed E-state index contributed by atoms with van der Waals surface area (Å²) in [6.45, 7) is 6.50. The largest absolute Gasteiger partial charge is 0.351 e. The number of nitrogens with one attached hydrogen (secondary N) is 3. The van der Waals surface area contributed by atoms with E-state index in [0.29, 0.717) is 18.7 Å². The number of amides is 1. The summed E-state index contributed by atoms with van der Waals surface area (Å²) in [6, 6.07) is 13.9. The summed E-state index contributed by atoms with van der Waals surface area (Å²) in [5.41, 5.74) is 8.83. The maximum atomic E-state index is 12.6. The molecule has 6 heteroatoms. The van der Waals surface area contributed by atoms with Crippen LogP contribution in [0.3, 0.4) is 0 Å².